The van der Waals surface area contributed by atoms with Gasteiger partial charge in [0.05, 0.1) is 23.0 Å². The summed E-state index contributed by atoms with van der Waals surface area (Å²) in [5.74, 6) is 1.47. The van der Waals surface area contributed by atoms with Crippen LogP contribution in [0.15, 0.2) is 54.9 Å². The molecular formula is C25H25N7. The Bertz CT molecular complexity index is 1260. The Hall–Kier alpha value is -3.63. The minimum absolute atomic E-state index is 0.166. The second-order valence-electron chi connectivity index (χ2n) is 9.34. The van der Waals surface area contributed by atoms with E-state index in [-0.39, 0.29) is 5.41 Å². The molecule has 0 saturated carbocycles. The van der Waals surface area contributed by atoms with Gasteiger partial charge in [0.1, 0.15) is 6.33 Å². The lowest BCUT2D eigenvalue weighted by atomic mass is 9.83. The summed E-state index contributed by atoms with van der Waals surface area (Å²) in [6.07, 6.45) is 4.12. The Kier molecular flexibility index (Phi) is 4.14. The van der Waals surface area contributed by atoms with Gasteiger partial charge in [0.15, 0.2) is 5.82 Å². The van der Waals surface area contributed by atoms with E-state index in [1.165, 1.54) is 16.8 Å². The average Bonchev–Trinajstić information content (AvgIpc) is 3.36. The summed E-state index contributed by atoms with van der Waals surface area (Å²) in [5.41, 5.74) is 12.3. The van der Waals surface area contributed by atoms with Gasteiger partial charge in [-0.05, 0) is 54.1 Å². The van der Waals surface area contributed by atoms with E-state index in [1.807, 2.05) is 18.5 Å². The zero-order valence-electron chi connectivity index (χ0n) is 18.1. The number of hydrogen-bond acceptors (Lipinski definition) is 6. The fourth-order valence-electron chi connectivity index (χ4n) is 5.22. The summed E-state index contributed by atoms with van der Waals surface area (Å²) in [4.78, 5) is 4.81. The number of anilines is 1. The summed E-state index contributed by atoms with van der Waals surface area (Å²) >= 11 is 0. The molecule has 1 unspecified atom stereocenters. The van der Waals surface area contributed by atoms with Gasteiger partial charge in [0.25, 0.3) is 0 Å². The molecule has 0 spiro atoms. The highest BCUT2D eigenvalue weighted by Crippen LogP contribution is 2.42. The van der Waals surface area contributed by atoms with Crippen molar-refractivity contribution in [3.63, 3.8) is 0 Å². The molecule has 0 radical (unpaired) electrons. The summed E-state index contributed by atoms with van der Waals surface area (Å²) in [5, 5.41) is 17.9. The third-order valence-electron chi connectivity index (χ3n) is 7.11. The number of nitriles is 1. The van der Waals surface area contributed by atoms with Gasteiger partial charge in [-0.1, -0.05) is 19.1 Å². The number of nitrogens with zero attached hydrogens (tertiary/aromatic N) is 6. The molecule has 3 aromatic rings. The molecule has 0 aliphatic carbocycles. The van der Waals surface area contributed by atoms with Crippen LogP contribution in [0, 0.1) is 17.2 Å². The van der Waals surface area contributed by atoms with E-state index in [0.29, 0.717) is 11.5 Å². The molecule has 160 valence electrons. The molecule has 1 fully saturated rings. The molecule has 1 saturated heterocycles. The topological polar surface area (TPSA) is 87.0 Å². The highest BCUT2D eigenvalue weighted by Gasteiger charge is 2.39. The van der Waals surface area contributed by atoms with Gasteiger partial charge in [-0.2, -0.15) is 5.26 Å². The van der Waals surface area contributed by atoms with E-state index >= 15 is 0 Å². The molecule has 1 atom stereocenters. The predicted octanol–water partition coefficient (Wildman–Crippen LogP) is 2.66. The van der Waals surface area contributed by atoms with Crippen LogP contribution in [0.3, 0.4) is 0 Å². The highest BCUT2D eigenvalue weighted by molar-refractivity contribution is 5.69. The van der Waals surface area contributed by atoms with E-state index < -0.39 is 0 Å². The van der Waals surface area contributed by atoms with Crippen LogP contribution in [0.5, 0.6) is 0 Å². The van der Waals surface area contributed by atoms with Crippen molar-refractivity contribution in [2.75, 3.05) is 31.1 Å². The van der Waals surface area contributed by atoms with Crippen LogP contribution in [0.25, 0.3) is 11.4 Å². The maximum absolute atomic E-state index is 9.15. The number of rotatable bonds is 3. The molecule has 2 N–H and O–H groups in total. The van der Waals surface area contributed by atoms with Crippen molar-refractivity contribution in [2.45, 2.75) is 18.9 Å². The third-order valence-corrected chi connectivity index (χ3v) is 7.11. The van der Waals surface area contributed by atoms with Crippen molar-refractivity contribution in [1.29, 1.82) is 5.26 Å². The maximum atomic E-state index is 9.15. The number of aromatic nitrogens is 3. The fourth-order valence-corrected chi connectivity index (χ4v) is 5.22. The lowest BCUT2D eigenvalue weighted by Crippen LogP contribution is -2.50. The number of hydrogen-bond donors (Lipinski definition) is 1. The molecule has 7 nitrogen and oxygen atoms in total. The van der Waals surface area contributed by atoms with Crippen LogP contribution in [0.1, 0.15) is 29.4 Å². The molecule has 0 bridgehead atoms. The first kappa shape index (κ1) is 19.1. The van der Waals surface area contributed by atoms with Crippen LogP contribution >= 0.6 is 0 Å². The third kappa shape index (κ3) is 2.84. The predicted molar refractivity (Wildman–Crippen MR) is 123 cm³/mol. The standard InChI is InChI=1S/C25H25N7/c1-25(20-4-2-17(10-26)3-5-20)9-23-24-29-28-16-32(24)22-7-6-21(30-12-18(11-27)13-30)8-19(22)14-31(23)15-25/h2-9,16,18H,11-15,27H2,1H3. The first-order valence-electron chi connectivity index (χ1n) is 11.0. The van der Waals surface area contributed by atoms with Crippen LogP contribution < -0.4 is 10.6 Å². The second kappa shape index (κ2) is 6.94. The van der Waals surface area contributed by atoms with Crippen LogP contribution in [-0.4, -0.2) is 45.8 Å². The lowest BCUT2D eigenvalue weighted by molar-refractivity contribution is 0.361. The minimum Gasteiger partial charge on any atom is -0.371 e. The molecule has 0 amide bonds. The van der Waals surface area contributed by atoms with Crippen molar-refractivity contribution in [1.82, 2.24) is 19.7 Å². The van der Waals surface area contributed by atoms with Gasteiger partial charge in [0, 0.05) is 43.2 Å². The van der Waals surface area contributed by atoms with Crippen molar-refractivity contribution in [3.8, 4) is 11.8 Å². The first-order valence-corrected chi connectivity index (χ1v) is 11.0. The molecule has 6 rings (SSSR count). The first-order chi connectivity index (χ1) is 15.6. The van der Waals surface area contributed by atoms with Crippen LogP contribution in [0.4, 0.5) is 5.69 Å². The molecule has 2 aromatic carbocycles. The molecule has 4 heterocycles. The largest absolute Gasteiger partial charge is 0.371 e. The van der Waals surface area contributed by atoms with E-state index in [2.05, 4.69) is 74.0 Å². The quantitative estimate of drug-likeness (QED) is 0.697. The van der Waals surface area contributed by atoms with Gasteiger partial charge in [0.2, 0.25) is 0 Å². The normalized spacial score (nSPS) is 21.7. The minimum atomic E-state index is -0.166. The summed E-state index contributed by atoms with van der Waals surface area (Å²) in [6, 6.07) is 16.8. The Labute approximate surface area is 187 Å². The molecule has 7 heteroatoms. The van der Waals surface area contributed by atoms with E-state index in [1.54, 1.807) is 0 Å². The van der Waals surface area contributed by atoms with Gasteiger partial charge in [-0.3, -0.25) is 4.57 Å². The summed E-state index contributed by atoms with van der Waals surface area (Å²) < 4.78 is 2.11. The van der Waals surface area contributed by atoms with Gasteiger partial charge < -0.3 is 15.5 Å². The van der Waals surface area contributed by atoms with Gasteiger partial charge >= 0.3 is 0 Å². The Morgan fingerprint density at radius 2 is 1.97 bits per heavy atom. The van der Waals surface area contributed by atoms with Crippen molar-refractivity contribution in [3.05, 3.63) is 77.4 Å². The van der Waals surface area contributed by atoms with E-state index in [0.717, 1.165) is 49.9 Å². The number of benzene rings is 2. The van der Waals surface area contributed by atoms with Crippen LogP contribution in [-0.2, 0) is 12.0 Å². The molecule has 1 aromatic heterocycles. The molecule has 32 heavy (non-hydrogen) atoms. The Morgan fingerprint density at radius 1 is 1.16 bits per heavy atom. The van der Waals surface area contributed by atoms with Crippen molar-refractivity contribution < 1.29 is 0 Å². The van der Waals surface area contributed by atoms with E-state index in [4.69, 9.17) is 11.0 Å². The lowest BCUT2D eigenvalue weighted by Gasteiger charge is -2.41. The van der Waals surface area contributed by atoms with Crippen molar-refractivity contribution >= 4 is 11.4 Å². The number of nitrogens with two attached hydrogens (primary N) is 1. The smallest absolute Gasteiger partial charge is 0.184 e. The molecular weight excluding hydrogens is 398 g/mol. The highest BCUT2D eigenvalue weighted by atomic mass is 15.3. The maximum Gasteiger partial charge on any atom is 0.184 e. The van der Waals surface area contributed by atoms with Crippen molar-refractivity contribution in [2.24, 2.45) is 11.7 Å². The molecule has 3 aliphatic rings. The zero-order chi connectivity index (χ0) is 21.9. The zero-order valence-corrected chi connectivity index (χ0v) is 18.1. The van der Waals surface area contributed by atoms with Crippen LogP contribution in [0.2, 0.25) is 0 Å². The monoisotopic (exact) mass is 423 g/mol. The Balaban J connectivity index is 1.38. The summed E-state index contributed by atoms with van der Waals surface area (Å²) in [6.45, 7) is 6.72. The fraction of sp³-hybridized carbons (Fsp3) is 0.320. The number of fused-ring (bicyclic) bond motifs is 5. The second-order valence-corrected chi connectivity index (χ2v) is 9.34. The van der Waals surface area contributed by atoms with E-state index in [9.17, 15) is 0 Å². The molecule has 3 aliphatic heterocycles. The summed E-state index contributed by atoms with van der Waals surface area (Å²) in [7, 11) is 0. The van der Waals surface area contributed by atoms with Gasteiger partial charge in [-0.15, -0.1) is 10.2 Å². The Morgan fingerprint density at radius 3 is 2.72 bits per heavy atom. The van der Waals surface area contributed by atoms with Gasteiger partial charge in [-0.25, -0.2) is 0 Å². The average molecular weight is 424 g/mol. The SMILES string of the molecule is CC1(c2ccc(C#N)cc2)C=C2c3nncn3-c3ccc(N4CC(CN)C4)cc3CN2C1.